The second-order valence-electron chi connectivity index (χ2n) is 7.63. The molecule has 1 amide bonds. The van der Waals surface area contributed by atoms with Crippen LogP contribution >= 0.6 is 12.4 Å². The molecule has 3 fully saturated rings. The van der Waals surface area contributed by atoms with E-state index < -0.39 is 0 Å². The molecule has 3 unspecified atom stereocenters. The Labute approximate surface area is 129 Å². The first-order chi connectivity index (χ1) is 9.05. The molecule has 0 bridgehead atoms. The van der Waals surface area contributed by atoms with E-state index >= 15 is 0 Å². The number of hydrogen-bond acceptors (Lipinski definition) is 2. The molecule has 3 rings (SSSR count). The number of hydrogen-bond donors (Lipinski definition) is 1. The predicted molar refractivity (Wildman–Crippen MR) is 84.1 cm³/mol. The largest absolute Gasteiger partial charge is 0.341 e. The molecule has 0 aromatic carbocycles. The Morgan fingerprint density at radius 2 is 1.95 bits per heavy atom. The Bertz CT molecular complexity index is 344. The summed E-state index contributed by atoms with van der Waals surface area (Å²) in [4.78, 5) is 14.8. The topological polar surface area (TPSA) is 32.3 Å². The second kappa shape index (κ2) is 6.23. The molecule has 0 aromatic heterocycles. The number of fused-ring (bicyclic) bond motifs is 1. The average molecular weight is 301 g/mol. The highest BCUT2D eigenvalue weighted by Crippen LogP contribution is 2.35. The van der Waals surface area contributed by atoms with Gasteiger partial charge in [0.05, 0.1) is 6.04 Å². The zero-order valence-corrected chi connectivity index (χ0v) is 13.7. The summed E-state index contributed by atoms with van der Waals surface area (Å²) < 4.78 is 0. The normalized spacial score (nSPS) is 36.1. The molecule has 0 aromatic rings. The molecule has 116 valence electrons. The van der Waals surface area contributed by atoms with Gasteiger partial charge in [-0.15, -0.1) is 12.4 Å². The monoisotopic (exact) mass is 300 g/mol. The van der Waals surface area contributed by atoms with Gasteiger partial charge in [0.25, 0.3) is 0 Å². The summed E-state index contributed by atoms with van der Waals surface area (Å²) in [6, 6.07) is 0.738. The fourth-order valence-corrected chi connectivity index (χ4v) is 4.34. The Hall–Kier alpha value is -0.280. The molecule has 0 radical (unpaired) electrons. The molecule has 2 saturated heterocycles. The summed E-state index contributed by atoms with van der Waals surface area (Å²) in [7, 11) is 0. The first kappa shape index (κ1) is 16.1. The molecule has 3 nitrogen and oxygen atoms in total. The van der Waals surface area contributed by atoms with E-state index in [2.05, 4.69) is 24.1 Å². The van der Waals surface area contributed by atoms with Crippen molar-refractivity contribution >= 4 is 18.3 Å². The Morgan fingerprint density at radius 3 is 2.65 bits per heavy atom. The van der Waals surface area contributed by atoms with Crippen LogP contribution < -0.4 is 5.32 Å². The van der Waals surface area contributed by atoms with E-state index in [0.29, 0.717) is 17.4 Å². The van der Waals surface area contributed by atoms with Gasteiger partial charge in [0.1, 0.15) is 0 Å². The highest BCUT2D eigenvalue weighted by atomic mass is 35.5. The first-order valence-electron chi connectivity index (χ1n) is 8.10. The smallest absolute Gasteiger partial charge is 0.239 e. The molecule has 2 aliphatic heterocycles. The maximum Gasteiger partial charge on any atom is 0.239 e. The van der Waals surface area contributed by atoms with Crippen molar-refractivity contribution in [2.24, 2.45) is 11.3 Å². The Morgan fingerprint density at radius 1 is 1.20 bits per heavy atom. The molecule has 0 spiro atoms. The standard InChI is InChI=1S/C16H28N2O.ClH/c1-16(2)8-5-9-18(11-16)15(19)14-10-12-6-3-4-7-13(12)17-14;/h12-14,17H,3-11H2,1-2H3;1H. The SMILES string of the molecule is CC1(C)CCCN(C(=O)C2CC3CCCCC3N2)C1.Cl. The number of nitrogens with zero attached hydrogens (tertiary/aromatic N) is 1. The van der Waals surface area contributed by atoms with Gasteiger partial charge in [0, 0.05) is 19.1 Å². The number of carbonyl (C=O) groups excluding carboxylic acids is 1. The van der Waals surface area contributed by atoms with Crippen molar-refractivity contribution in [2.75, 3.05) is 13.1 Å². The number of likely N-dealkylation sites (tertiary alicyclic amines) is 1. The molecule has 2 heterocycles. The minimum Gasteiger partial charge on any atom is -0.341 e. The van der Waals surface area contributed by atoms with Crippen molar-refractivity contribution in [2.45, 2.75) is 70.9 Å². The molecule has 1 saturated carbocycles. The van der Waals surface area contributed by atoms with Crippen LogP contribution in [0, 0.1) is 11.3 Å². The van der Waals surface area contributed by atoms with E-state index in [9.17, 15) is 4.79 Å². The van der Waals surface area contributed by atoms with Gasteiger partial charge in [-0.1, -0.05) is 26.7 Å². The minimum absolute atomic E-state index is 0. The van der Waals surface area contributed by atoms with E-state index in [0.717, 1.165) is 31.8 Å². The first-order valence-corrected chi connectivity index (χ1v) is 8.10. The third-order valence-corrected chi connectivity index (χ3v) is 5.37. The summed E-state index contributed by atoms with van der Waals surface area (Å²) in [6.07, 6.45) is 8.80. The van der Waals surface area contributed by atoms with Crippen molar-refractivity contribution < 1.29 is 4.79 Å². The van der Waals surface area contributed by atoms with Crippen LogP contribution in [0.25, 0.3) is 0 Å². The molecule has 20 heavy (non-hydrogen) atoms. The number of halogens is 1. The van der Waals surface area contributed by atoms with Crippen molar-refractivity contribution in [3.05, 3.63) is 0 Å². The van der Waals surface area contributed by atoms with E-state index in [-0.39, 0.29) is 18.4 Å². The third kappa shape index (κ3) is 3.30. The number of rotatable bonds is 1. The van der Waals surface area contributed by atoms with E-state index in [1.54, 1.807) is 0 Å². The summed E-state index contributed by atoms with van der Waals surface area (Å²) in [5.74, 6) is 1.14. The molecule has 3 aliphatic rings. The van der Waals surface area contributed by atoms with Gasteiger partial charge in [-0.05, 0) is 43.4 Å². The molecular formula is C16H29ClN2O. The number of carbonyl (C=O) groups is 1. The lowest BCUT2D eigenvalue weighted by molar-refractivity contribution is -0.136. The van der Waals surface area contributed by atoms with Crippen LogP contribution in [0.3, 0.4) is 0 Å². The van der Waals surface area contributed by atoms with Gasteiger partial charge < -0.3 is 10.2 Å². The Kier molecular flexibility index (Phi) is 5.01. The second-order valence-corrected chi connectivity index (χ2v) is 7.63. The van der Waals surface area contributed by atoms with Gasteiger partial charge >= 0.3 is 0 Å². The van der Waals surface area contributed by atoms with E-state index in [4.69, 9.17) is 0 Å². The molecule has 4 heteroatoms. The van der Waals surface area contributed by atoms with Crippen molar-refractivity contribution in [1.29, 1.82) is 0 Å². The quantitative estimate of drug-likeness (QED) is 0.807. The van der Waals surface area contributed by atoms with Gasteiger partial charge in [-0.2, -0.15) is 0 Å². The van der Waals surface area contributed by atoms with Crippen molar-refractivity contribution in [1.82, 2.24) is 10.2 Å². The molecular weight excluding hydrogens is 272 g/mol. The maximum atomic E-state index is 12.7. The molecule has 3 atom stereocenters. The summed E-state index contributed by atoms with van der Waals surface area (Å²) in [6.45, 7) is 6.48. The van der Waals surface area contributed by atoms with Crippen molar-refractivity contribution in [3.63, 3.8) is 0 Å². The zero-order chi connectivity index (χ0) is 13.5. The van der Waals surface area contributed by atoms with Crippen LogP contribution in [0.4, 0.5) is 0 Å². The number of piperidine rings is 1. The highest BCUT2D eigenvalue weighted by Gasteiger charge is 2.41. The number of amides is 1. The maximum absolute atomic E-state index is 12.7. The number of nitrogens with one attached hydrogen (secondary N) is 1. The van der Waals surface area contributed by atoms with Gasteiger partial charge in [-0.3, -0.25) is 4.79 Å². The third-order valence-electron chi connectivity index (χ3n) is 5.37. The molecule has 1 aliphatic carbocycles. The highest BCUT2D eigenvalue weighted by molar-refractivity contribution is 5.85. The lowest BCUT2D eigenvalue weighted by Crippen LogP contribution is -2.50. The lowest BCUT2D eigenvalue weighted by Gasteiger charge is -2.39. The van der Waals surface area contributed by atoms with E-state index in [1.807, 2.05) is 0 Å². The van der Waals surface area contributed by atoms with Crippen LogP contribution in [-0.2, 0) is 4.79 Å². The molecule has 1 N–H and O–H groups in total. The summed E-state index contributed by atoms with van der Waals surface area (Å²) >= 11 is 0. The zero-order valence-electron chi connectivity index (χ0n) is 12.9. The Balaban J connectivity index is 0.00000147. The van der Waals surface area contributed by atoms with Gasteiger partial charge in [0.15, 0.2) is 0 Å². The van der Waals surface area contributed by atoms with Crippen LogP contribution in [0.5, 0.6) is 0 Å². The van der Waals surface area contributed by atoms with Crippen LogP contribution in [0.1, 0.15) is 58.8 Å². The van der Waals surface area contributed by atoms with Crippen LogP contribution in [0.15, 0.2) is 0 Å². The fraction of sp³-hybridized carbons (Fsp3) is 0.938. The van der Waals surface area contributed by atoms with Gasteiger partial charge in [0.2, 0.25) is 5.91 Å². The fourth-order valence-electron chi connectivity index (χ4n) is 4.34. The lowest BCUT2D eigenvalue weighted by atomic mass is 9.83. The predicted octanol–water partition coefficient (Wildman–Crippen LogP) is 2.98. The average Bonchev–Trinajstić information content (AvgIpc) is 2.80. The van der Waals surface area contributed by atoms with Crippen LogP contribution in [0.2, 0.25) is 0 Å². The van der Waals surface area contributed by atoms with Crippen LogP contribution in [-0.4, -0.2) is 36.0 Å². The summed E-state index contributed by atoms with van der Waals surface area (Å²) in [5, 5.41) is 3.63. The summed E-state index contributed by atoms with van der Waals surface area (Å²) in [5.41, 5.74) is 0.305. The van der Waals surface area contributed by atoms with Gasteiger partial charge in [-0.25, -0.2) is 0 Å². The van der Waals surface area contributed by atoms with E-state index in [1.165, 1.54) is 32.1 Å². The van der Waals surface area contributed by atoms with Crippen molar-refractivity contribution in [3.8, 4) is 0 Å². The minimum atomic E-state index is 0.